The molecule has 1 aliphatic carbocycles. The molecule has 0 aromatic heterocycles. The van der Waals surface area contributed by atoms with Gasteiger partial charge in [-0.15, -0.1) is 5.73 Å². The molecule has 0 bridgehead atoms. The van der Waals surface area contributed by atoms with Crippen LogP contribution in [-0.2, 0) is 0 Å². The van der Waals surface area contributed by atoms with Crippen molar-refractivity contribution in [2.24, 2.45) is 0 Å². The lowest BCUT2D eigenvalue weighted by atomic mass is 10.1. The molecular formula is C15H11NO. The lowest BCUT2D eigenvalue weighted by molar-refractivity contribution is 0.415. The summed E-state index contributed by atoms with van der Waals surface area (Å²) in [5.41, 5.74) is 5.68. The van der Waals surface area contributed by atoms with Crippen LogP contribution in [0.25, 0.3) is 5.57 Å². The maximum absolute atomic E-state index is 8.79. The van der Waals surface area contributed by atoms with Crippen LogP contribution < -0.4 is 4.74 Å². The van der Waals surface area contributed by atoms with Gasteiger partial charge in [0.2, 0.25) is 0 Å². The third-order valence-corrected chi connectivity index (χ3v) is 2.47. The van der Waals surface area contributed by atoms with Crippen molar-refractivity contribution in [3.63, 3.8) is 0 Å². The maximum Gasteiger partial charge on any atom is 0.118 e. The number of nitriles is 1. The van der Waals surface area contributed by atoms with Gasteiger partial charge in [0, 0.05) is 0 Å². The van der Waals surface area contributed by atoms with Gasteiger partial charge < -0.3 is 4.74 Å². The summed E-state index contributed by atoms with van der Waals surface area (Å²) in [6.45, 7) is 0. The molecule has 1 aromatic rings. The molecule has 0 saturated carbocycles. The fourth-order valence-corrected chi connectivity index (χ4v) is 1.53. The van der Waals surface area contributed by atoms with Crippen LogP contribution in [0.15, 0.2) is 59.9 Å². The third-order valence-electron chi connectivity index (χ3n) is 2.47. The largest absolute Gasteiger partial charge is 0.497 e. The minimum atomic E-state index is 0.602. The van der Waals surface area contributed by atoms with Crippen molar-refractivity contribution in [1.82, 2.24) is 0 Å². The van der Waals surface area contributed by atoms with Gasteiger partial charge in [-0.25, -0.2) is 0 Å². The van der Waals surface area contributed by atoms with Crippen LogP contribution in [-0.4, -0.2) is 7.11 Å². The number of allylic oxidation sites excluding steroid dienone is 5. The number of methoxy groups -OCH3 is 1. The van der Waals surface area contributed by atoms with Gasteiger partial charge in [0.1, 0.15) is 5.75 Å². The normalized spacial score (nSPS) is 13.4. The first-order chi connectivity index (χ1) is 8.33. The van der Waals surface area contributed by atoms with Crippen molar-refractivity contribution in [1.29, 1.82) is 5.26 Å². The Labute approximate surface area is 100 Å². The molecule has 0 amide bonds. The zero-order valence-electron chi connectivity index (χ0n) is 9.47. The average Bonchev–Trinajstić information content (AvgIpc) is 2.64. The molecule has 0 N–H and O–H groups in total. The highest BCUT2D eigenvalue weighted by Gasteiger charge is 2.00. The van der Waals surface area contributed by atoms with Crippen LogP contribution >= 0.6 is 0 Å². The summed E-state index contributed by atoms with van der Waals surface area (Å²) in [7, 11) is 1.64. The first-order valence-electron chi connectivity index (χ1n) is 5.22. The second kappa shape index (κ2) is 5.03. The van der Waals surface area contributed by atoms with Crippen molar-refractivity contribution in [2.45, 2.75) is 0 Å². The van der Waals surface area contributed by atoms with Crippen molar-refractivity contribution in [3.8, 4) is 11.8 Å². The van der Waals surface area contributed by atoms with Gasteiger partial charge >= 0.3 is 0 Å². The van der Waals surface area contributed by atoms with Gasteiger partial charge in [0.15, 0.2) is 0 Å². The molecule has 1 aromatic carbocycles. The molecule has 17 heavy (non-hydrogen) atoms. The molecule has 0 saturated heterocycles. The van der Waals surface area contributed by atoms with Crippen LogP contribution in [0, 0.1) is 11.3 Å². The predicted molar refractivity (Wildman–Crippen MR) is 67.3 cm³/mol. The number of ether oxygens (including phenoxy) is 1. The van der Waals surface area contributed by atoms with E-state index in [2.05, 4.69) is 11.8 Å². The summed E-state index contributed by atoms with van der Waals surface area (Å²) < 4.78 is 5.11. The van der Waals surface area contributed by atoms with Crippen LogP contribution in [0.4, 0.5) is 0 Å². The SMILES string of the molecule is COc1ccc(C2=CC=C(C#N)C=C=C2)cc1. The minimum Gasteiger partial charge on any atom is -0.497 e. The molecule has 2 heteroatoms. The molecule has 1 aliphatic rings. The van der Waals surface area contributed by atoms with Crippen molar-refractivity contribution >= 4 is 5.57 Å². The smallest absolute Gasteiger partial charge is 0.118 e. The Balaban J connectivity index is 2.35. The standard InChI is InChI=1S/C15H11NO/c1-17-15-9-7-14(8-10-15)13-4-2-3-12(11-16)5-6-13/h3-10H,1H3. The average molecular weight is 221 g/mol. The molecule has 2 nitrogen and oxygen atoms in total. The van der Waals surface area contributed by atoms with E-state index in [0.717, 1.165) is 16.9 Å². The molecule has 0 radical (unpaired) electrons. The highest BCUT2D eigenvalue weighted by Crippen LogP contribution is 2.21. The highest BCUT2D eigenvalue weighted by atomic mass is 16.5. The molecule has 82 valence electrons. The number of rotatable bonds is 2. The maximum atomic E-state index is 8.79. The summed E-state index contributed by atoms with van der Waals surface area (Å²) in [6, 6.07) is 9.87. The van der Waals surface area contributed by atoms with Crippen molar-refractivity contribution in [2.75, 3.05) is 7.11 Å². The summed E-state index contributed by atoms with van der Waals surface area (Å²) in [5, 5.41) is 8.79. The van der Waals surface area contributed by atoms with E-state index >= 15 is 0 Å². The monoisotopic (exact) mass is 221 g/mol. The minimum absolute atomic E-state index is 0.602. The van der Waals surface area contributed by atoms with Crippen LogP contribution in [0.2, 0.25) is 0 Å². The Kier molecular flexibility index (Phi) is 3.25. The fourth-order valence-electron chi connectivity index (χ4n) is 1.53. The van der Waals surface area contributed by atoms with Gasteiger partial charge in [-0.05, 0) is 41.5 Å². The molecule has 0 heterocycles. The number of hydrogen-bond acceptors (Lipinski definition) is 2. The topological polar surface area (TPSA) is 33.0 Å². The summed E-state index contributed by atoms with van der Waals surface area (Å²) in [4.78, 5) is 0. The van der Waals surface area contributed by atoms with Crippen molar-refractivity contribution < 1.29 is 4.74 Å². The van der Waals surface area contributed by atoms with E-state index in [-0.39, 0.29) is 0 Å². The lowest BCUT2D eigenvalue weighted by Gasteiger charge is -2.03. The molecule has 0 spiro atoms. The predicted octanol–water partition coefficient (Wildman–Crippen LogP) is 3.25. The van der Waals surface area contributed by atoms with E-state index in [1.807, 2.05) is 36.4 Å². The second-order valence-electron chi connectivity index (χ2n) is 3.54. The Morgan fingerprint density at radius 1 is 1.12 bits per heavy atom. The summed E-state index contributed by atoms with van der Waals surface area (Å²) in [6.07, 6.45) is 7.24. The van der Waals surface area contributed by atoms with E-state index in [9.17, 15) is 0 Å². The van der Waals surface area contributed by atoms with Crippen LogP contribution in [0.1, 0.15) is 5.56 Å². The fraction of sp³-hybridized carbons (Fsp3) is 0.0667. The first kappa shape index (κ1) is 11.0. The van der Waals surface area contributed by atoms with Gasteiger partial charge in [-0.2, -0.15) is 5.26 Å². The van der Waals surface area contributed by atoms with E-state index in [4.69, 9.17) is 10.00 Å². The third kappa shape index (κ3) is 2.55. The van der Waals surface area contributed by atoms with Crippen molar-refractivity contribution in [3.05, 3.63) is 65.4 Å². The summed E-state index contributed by atoms with van der Waals surface area (Å²) >= 11 is 0. The van der Waals surface area contributed by atoms with E-state index < -0.39 is 0 Å². The van der Waals surface area contributed by atoms with Gasteiger partial charge in [0.25, 0.3) is 0 Å². The van der Waals surface area contributed by atoms with Crippen LogP contribution in [0.3, 0.4) is 0 Å². The summed E-state index contributed by atoms with van der Waals surface area (Å²) in [5.74, 6) is 0.829. The van der Waals surface area contributed by atoms with E-state index in [1.165, 1.54) is 0 Å². The van der Waals surface area contributed by atoms with E-state index in [0.29, 0.717) is 5.57 Å². The zero-order valence-corrected chi connectivity index (χ0v) is 9.47. The number of benzene rings is 1. The highest BCUT2D eigenvalue weighted by molar-refractivity contribution is 5.76. The quantitative estimate of drug-likeness (QED) is 0.718. The van der Waals surface area contributed by atoms with Gasteiger partial charge in [-0.1, -0.05) is 18.2 Å². The molecule has 0 fully saturated rings. The first-order valence-corrected chi connectivity index (χ1v) is 5.22. The number of hydrogen-bond donors (Lipinski definition) is 0. The molecule has 0 aliphatic heterocycles. The number of nitrogens with zero attached hydrogens (tertiary/aromatic N) is 1. The Morgan fingerprint density at radius 3 is 2.53 bits per heavy atom. The van der Waals surface area contributed by atoms with E-state index in [1.54, 1.807) is 19.3 Å². The second-order valence-corrected chi connectivity index (χ2v) is 3.54. The molecule has 0 unspecified atom stereocenters. The lowest BCUT2D eigenvalue weighted by Crippen LogP contribution is -1.84. The Morgan fingerprint density at radius 2 is 1.88 bits per heavy atom. The molecule has 2 rings (SSSR count). The van der Waals surface area contributed by atoms with Crippen LogP contribution in [0.5, 0.6) is 5.75 Å². The zero-order chi connectivity index (χ0) is 12.1. The van der Waals surface area contributed by atoms with Gasteiger partial charge in [0.05, 0.1) is 18.8 Å². The van der Waals surface area contributed by atoms with Gasteiger partial charge in [-0.3, -0.25) is 0 Å². The molecular weight excluding hydrogens is 210 g/mol. The Hall–Kier alpha value is -2.49. The Bertz CT molecular complexity index is 576. The molecule has 0 atom stereocenters.